The smallest absolute Gasteiger partial charge is 0.326 e. The van der Waals surface area contributed by atoms with Gasteiger partial charge >= 0.3 is 5.97 Å². The van der Waals surface area contributed by atoms with Crippen LogP contribution in [-0.4, -0.2) is 76.0 Å². The highest BCUT2D eigenvalue weighted by atomic mass is 16.4. The molecule has 1 atom stereocenters. The van der Waals surface area contributed by atoms with E-state index in [0.29, 0.717) is 34.7 Å². The third-order valence-corrected chi connectivity index (χ3v) is 6.55. The number of H-pyrrole nitrogens is 1. The Bertz CT molecular complexity index is 1850. The van der Waals surface area contributed by atoms with Crippen LogP contribution in [0.4, 0.5) is 23.1 Å². The maximum absolute atomic E-state index is 12.8. The first-order valence-electron chi connectivity index (χ1n) is 13.5. The summed E-state index contributed by atoms with van der Waals surface area (Å²) >= 11 is 0. The molecule has 0 saturated heterocycles. The molecule has 0 bridgehead atoms. The number of nitrogens with zero attached hydrogens (tertiary/aromatic N) is 7. The summed E-state index contributed by atoms with van der Waals surface area (Å²) < 4.78 is 0. The largest absolute Gasteiger partial charge is 0.480 e. The van der Waals surface area contributed by atoms with E-state index in [-0.39, 0.29) is 53.8 Å². The number of nitrogens with two attached hydrogens (primary N) is 3. The van der Waals surface area contributed by atoms with Crippen molar-refractivity contribution < 1.29 is 19.5 Å². The summed E-state index contributed by atoms with van der Waals surface area (Å²) in [6, 6.07) is 9.97. The van der Waals surface area contributed by atoms with Gasteiger partial charge in [0.15, 0.2) is 17.0 Å². The average molecular weight is 613 g/mol. The Morgan fingerprint density at radius 2 is 1.78 bits per heavy atom. The number of carbonyl (C=O) groups is 3. The van der Waals surface area contributed by atoms with Gasteiger partial charge in [0, 0.05) is 29.0 Å². The van der Waals surface area contributed by atoms with Gasteiger partial charge in [0.05, 0.1) is 24.0 Å². The van der Waals surface area contributed by atoms with Gasteiger partial charge in [0.25, 0.3) is 11.8 Å². The topological polar surface area (TPSA) is 292 Å². The van der Waals surface area contributed by atoms with Gasteiger partial charge in [-0.05, 0) is 60.5 Å². The number of hydrogen-bond acceptors (Lipinski definition) is 14. The second kappa shape index (κ2) is 13.2. The Morgan fingerprint density at radius 1 is 0.978 bits per heavy atom. The number of amides is 2. The number of aromatic nitrogens is 8. The van der Waals surface area contributed by atoms with Gasteiger partial charge in [-0.2, -0.15) is 15.2 Å². The van der Waals surface area contributed by atoms with Crippen molar-refractivity contribution in [3.05, 3.63) is 65.5 Å². The highest BCUT2D eigenvalue weighted by molar-refractivity contribution is 6.00. The maximum atomic E-state index is 12.8. The number of fused-ring (bicyclic) bond motifs is 1. The van der Waals surface area contributed by atoms with Crippen LogP contribution in [0.1, 0.15) is 39.3 Å². The van der Waals surface area contributed by atoms with Crippen molar-refractivity contribution in [2.45, 2.75) is 25.4 Å². The molecule has 0 spiro atoms. The van der Waals surface area contributed by atoms with Crippen molar-refractivity contribution in [2.75, 3.05) is 29.1 Å². The van der Waals surface area contributed by atoms with Crippen LogP contribution in [0, 0.1) is 0 Å². The lowest BCUT2D eigenvalue weighted by Gasteiger charge is -2.15. The molecule has 5 aromatic rings. The molecule has 3 aromatic heterocycles. The monoisotopic (exact) mass is 612 g/mol. The Labute approximate surface area is 254 Å². The van der Waals surface area contributed by atoms with E-state index in [0.717, 1.165) is 0 Å². The van der Waals surface area contributed by atoms with Crippen LogP contribution in [0.25, 0.3) is 22.6 Å². The van der Waals surface area contributed by atoms with Crippen LogP contribution < -0.4 is 33.2 Å². The summed E-state index contributed by atoms with van der Waals surface area (Å²) in [6.07, 6.45) is 1.89. The first-order chi connectivity index (χ1) is 21.7. The van der Waals surface area contributed by atoms with Gasteiger partial charge in [-0.3, -0.25) is 9.59 Å². The first kappa shape index (κ1) is 30.0. The molecule has 230 valence electrons. The predicted molar refractivity (Wildman–Crippen MR) is 162 cm³/mol. The van der Waals surface area contributed by atoms with E-state index in [4.69, 9.17) is 17.2 Å². The van der Waals surface area contributed by atoms with Crippen LogP contribution in [-0.2, 0) is 11.3 Å². The number of nitrogens with one attached hydrogen (secondary N) is 4. The highest BCUT2D eigenvalue weighted by Gasteiger charge is 2.21. The van der Waals surface area contributed by atoms with Crippen molar-refractivity contribution >= 4 is 52.1 Å². The molecule has 11 N–H and O–H groups in total. The van der Waals surface area contributed by atoms with E-state index in [9.17, 15) is 19.5 Å². The number of nitrogen functional groups attached to an aromatic ring is 3. The van der Waals surface area contributed by atoms with Crippen LogP contribution in [0.2, 0.25) is 0 Å². The Kier molecular flexibility index (Phi) is 8.83. The zero-order valence-corrected chi connectivity index (χ0v) is 23.6. The maximum Gasteiger partial charge on any atom is 0.326 e. The van der Waals surface area contributed by atoms with Crippen molar-refractivity contribution in [3.8, 4) is 11.4 Å². The van der Waals surface area contributed by atoms with Crippen LogP contribution in [0.3, 0.4) is 0 Å². The second-order valence-corrected chi connectivity index (χ2v) is 9.73. The number of rotatable bonds is 12. The number of hydrogen-bond donors (Lipinski definition) is 8. The molecule has 0 aliphatic heterocycles. The molecule has 18 nitrogen and oxygen atoms in total. The summed E-state index contributed by atoms with van der Waals surface area (Å²) in [7, 11) is 0. The third kappa shape index (κ3) is 7.31. The average Bonchev–Trinajstić information content (AvgIpc) is 3.56. The van der Waals surface area contributed by atoms with E-state index in [1.165, 1.54) is 12.3 Å². The first-order valence-corrected chi connectivity index (χ1v) is 13.5. The fourth-order valence-electron chi connectivity index (χ4n) is 4.32. The van der Waals surface area contributed by atoms with Crippen LogP contribution >= 0.6 is 0 Å². The third-order valence-electron chi connectivity index (χ3n) is 6.55. The van der Waals surface area contributed by atoms with Gasteiger partial charge in [0.2, 0.25) is 11.8 Å². The Balaban J connectivity index is 1.11. The normalized spacial score (nSPS) is 11.6. The standard InChI is InChI=1S/C27H28N14O4/c28-14-5-8-17(18(10-14)22-38-40-41-39-22)25(43)31-9-1-2-19(26(44)45)35-24(42)13-3-6-15(7-4-13)32-11-16-12-33-23-20(34-16)21(29)36-27(30)37-23/h3-8,10,12,19,32H,1-2,9,11,28H2,(H,31,43)(H,35,42)(H,44,45)(H,38,39,40,41)(H4,29,30,33,36,37). The molecule has 0 saturated carbocycles. The minimum atomic E-state index is -1.20. The number of anilines is 4. The van der Waals surface area contributed by atoms with E-state index < -0.39 is 23.8 Å². The van der Waals surface area contributed by atoms with E-state index >= 15 is 0 Å². The van der Waals surface area contributed by atoms with Gasteiger partial charge < -0.3 is 38.3 Å². The summed E-state index contributed by atoms with van der Waals surface area (Å²) in [5.74, 6) is -1.84. The summed E-state index contributed by atoms with van der Waals surface area (Å²) in [5.41, 5.74) is 20.5. The van der Waals surface area contributed by atoms with Crippen LogP contribution in [0.5, 0.6) is 0 Å². The predicted octanol–water partition coefficient (Wildman–Crippen LogP) is 0.352. The molecule has 0 aliphatic rings. The fourth-order valence-corrected chi connectivity index (χ4v) is 4.32. The van der Waals surface area contributed by atoms with Gasteiger partial charge in [0.1, 0.15) is 6.04 Å². The molecule has 1 unspecified atom stereocenters. The van der Waals surface area contributed by atoms with Crippen molar-refractivity contribution in [3.63, 3.8) is 0 Å². The number of aliphatic carboxylic acids is 1. The summed E-state index contributed by atoms with van der Waals surface area (Å²) in [4.78, 5) is 53.9. The SMILES string of the molecule is Nc1ccc(C(=O)NCCCC(NC(=O)c2ccc(NCc3cnc4nc(N)nc(N)c4n3)cc2)C(=O)O)c(-c2nn[nH]n2)c1. The fraction of sp³-hybridized carbons (Fsp3) is 0.185. The summed E-state index contributed by atoms with van der Waals surface area (Å²) in [5, 5.41) is 31.7. The molecule has 0 fully saturated rings. The van der Waals surface area contributed by atoms with Gasteiger partial charge in [-0.15, -0.1) is 10.2 Å². The van der Waals surface area contributed by atoms with Crippen molar-refractivity contribution in [2.24, 2.45) is 0 Å². The van der Waals surface area contributed by atoms with E-state index in [2.05, 4.69) is 56.5 Å². The Morgan fingerprint density at radius 3 is 2.51 bits per heavy atom. The molecule has 0 aliphatic carbocycles. The van der Waals surface area contributed by atoms with E-state index in [1.807, 2.05) is 0 Å². The number of carboxylic acid groups (broad SMARTS) is 1. The molecule has 2 amide bonds. The molecule has 0 radical (unpaired) electrons. The summed E-state index contributed by atoms with van der Waals surface area (Å²) in [6.45, 7) is 0.455. The zero-order valence-electron chi connectivity index (χ0n) is 23.6. The lowest BCUT2D eigenvalue weighted by atomic mass is 10.0. The highest BCUT2D eigenvalue weighted by Crippen LogP contribution is 2.22. The molecular weight excluding hydrogens is 584 g/mol. The van der Waals surface area contributed by atoms with Crippen molar-refractivity contribution in [1.82, 2.24) is 51.2 Å². The molecule has 5 rings (SSSR count). The number of carboxylic acids is 1. The number of tetrazole rings is 1. The van der Waals surface area contributed by atoms with Gasteiger partial charge in [-0.25, -0.2) is 14.8 Å². The lowest BCUT2D eigenvalue weighted by molar-refractivity contribution is -0.139. The quantitative estimate of drug-likeness (QED) is 0.0696. The minimum absolute atomic E-state index is 0.00917. The molecule has 3 heterocycles. The van der Waals surface area contributed by atoms with E-state index in [1.54, 1.807) is 36.4 Å². The lowest BCUT2D eigenvalue weighted by Crippen LogP contribution is -2.41. The van der Waals surface area contributed by atoms with Crippen molar-refractivity contribution in [1.29, 1.82) is 0 Å². The number of aromatic amines is 1. The second-order valence-electron chi connectivity index (χ2n) is 9.73. The number of carbonyl (C=O) groups excluding carboxylic acids is 2. The Hall–Kier alpha value is -6.46. The zero-order chi connectivity index (χ0) is 31.9. The molecular formula is C27H28N14O4. The molecule has 45 heavy (non-hydrogen) atoms. The van der Waals surface area contributed by atoms with Gasteiger partial charge in [-0.1, -0.05) is 0 Å². The minimum Gasteiger partial charge on any atom is -0.480 e. The molecule has 2 aromatic carbocycles. The van der Waals surface area contributed by atoms with Crippen LogP contribution in [0.15, 0.2) is 48.7 Å². The number of benzene rings is 2. The molecule has 18 heteroatoms.